The third-order valence-corrected chi connectivity index (χ3v) is 4.98. The quantitative estimate of drug-likeness (QED) is 0.635. The summed E-state index contributed by atoms with van der Waals surface area (Å²) in [6.07, 6.45) is 5.42. The number of rotatable bonds is 6. The molecule has 0 saturated carbocycles. The third kappa shape index (κ3) is 3.59. The lowest BCUT2D eigenvalue weighted by atomic mass is 10.3. The number of nitrogens with zero attached hydrogens (tertiary/aromatic N) is 1. The molecule has 1 aliphatic heterocycles. The molecule has 1 aliphatic rings. The van der Waals surface area contributed by atoms with Gasteiger partial charge in [-0.15, -0.1) is 0 Å². The lowest BCUT2D eigenvalue weighted by Crippen LogP contribution is -2.33. The molecule has 1 aromatic carbocycles. The first-order valence-corrected chi connectivity index (χ1v) is 8.16. The number of sulfonamides is 1. The Hall–Kier alpha value is -1.37. The van der Waals surface area contributed by atoms with Crippen molar-refractivity contribution in [3.63, 3.8) is 0 Å². The second kappa shape index (κ2) is 6.88. The highest BCUT2D eigenvalue weighted by Gasteiger charge is 2.24. The Morgan fingerprint density at radius 2 is 1.95 bits per heavy atom. The molecule has 0 aliphatic carbocycles. The van der Waals surface area contributed by atoms with Gasteiger partial charge in [-0.05, 0) is 43.7 Å². The van der Waals surface area contributed by atoms with Crippen molar-refractivity contribution in [3.05, 3.63) is 36.4 Å². The Balaban J connectivity index is 2.06. The summed E-state index contributed by atoms with van der Waals surface area (Å²) in [6, 6.07) is 6.54. The van der Waals surface area contributed by atoms with Crippen molar-refractivity contribution in [1.82, 2.24) is 4.31 Å². The van der Waals surface area contributed by atoms with E-state index >= 15 is 0 Å². The van der Waals surface area contributed by atoms with E-state index in [4.69, 9.17) is 10.5 Å². The molecule has 2 N–H and O–H groups in total. The van der Waals surface area contributed by atoms with Crippen LogP contribution in [0, 0.1) is 0 Å². The van der Waals surface area contributed by atoms with Gasteiger partial charge in [0.05, 0.1) is 11.5 Å². The normalized spacial score (nSPS) is 16.2. The molecular formula is C14H20N2O3S. The molecular weight excluding hydrogens is 276 g/mol. The van der Waals surface area contributed by atoms with Crippen molar-refractivity contribution in [2.24, 2.45) is 5.73 Å². The Morgan fingerprint density at radius 1 is 1.20 bits per heavy atom. The molecule has 0 atom stereocenters. The number of benzene rings is 1. The third-order valence-electron chi connectivity index (χ3n) is 3.10. The first-order chi connectivity index (χ1) is 9.64. The molecule has 1 aromatic rings. The molecule has 0 fully saturated rings. The highest BCUT2D eigenvalue weighted by atomic mass is 32.2. The van der Waals surface area contributed by atoms with Crippen LogP contribution in [0.2, 0.25) is 0 Å². The highest BCUT2D eigenvalue weighted by molar-refractivity contribution is 7.89. The monoisotopic (exact) mass is 296 g/mol. The number of hydrogen-bond donors (Lipinski definition) is 1. The Bertz CT molecular complexity index is 552. The molecule has 0 aromatic heterocycles. The zero-order valence-corrected chi connectivity index (χ0v) is 12.2. The topological polar surface area (TPSA) is 72.6 Å². The summed E-state index contributed by atoms with van der Waals surface area (Å²) in [4.78, 5) is 0.305. The molecule has 0 unspecified atom stereocenters. The van der Waals surface area contributed by atoms with Crippen LogP contribution in [0.4, 0.5) is 0 Å². The molecule has 110 valence electrons. The smallest absolute Gasteiger partial charge is 0.243 e. The lowest BCUT2D eigenvalue weighted by molar-refractivity contribution is 0.313. The van der Waals surface area contributed by atoms with Gasteiger partial charge in [0.2, 0.25) is 10.0 Å². The minimum atomic E-state index is -3.40. The highest BCUT2D eigenvalue weighted by Crippen LogP contribution is 2.21. The van der Waals surface area contributed by atoms with E-state index in [2.05, 4.69) is 0 Å². The van der Waals surface area contributed by atoms with Gasteiger partial charge in [-0.25, -0.2) is 8.42 Å². The van der Waals surface area contributed by atoms with E-state index in [0.29, 0.717) is 36.9 Å². The summed E-state index contributed by atoms with van der Waals surface area (Å²) in [6.45, 7) is 2.10. The van der Waals surface area contributed by atoms with Crippen LogP contribution >= 0.6 is 0 Å². The minimum absolute atomic E-state index is 0.305. The van der Waals surface area contributed by atoms with Crippen LogP contribution in [0.5, 0.6) is 5.75 Å². The Kier molecular flexibility index (Phi) is 5.17. The molecule has 0 saturated heterocycles. The minimum Gasteiger partial charge on any atom is -0.494 e. The van der Waals surface area contributed by atoms with Crippen LogP contribution in [-0.2, 0) is 10.0 Å². The number of nitrogens with two attached hydrogens (primary N) is 1. The van der Waals surface area contributed by atoms with Gasteiger partial charge in [-0.2, -0.15) is 4.31 Å². The molecule has 0 radical (unpaired) electrons. The predicted octanol–water partition coefficient (Wildman–Crippen LogP) is 1.36. The second-order valence-corrected chi connectivity index (χ2v) is 6.52. The average molecular weight is 296 g/mol. The van der Waals surface area contributed by atoms with Gasteiger partial charge >= 0.3 is 0 Å². The molecule has 1 heterocycles. The van der Waals surface area contributed by atoms with Crippen LogP contribution in [0.15, 0.2) is 41.3 Å². The van der Waals surface area contributed by atoms with Gasteiger partial charge in [0.25, 0.3) is 0 Å². The van der Waals surface area contributed by atoms with Gasteiger partial charge in [-0.3, -0.25) is 0 Å². The van der Waals surface area contributed by atoms with E-state index in [9.17, 15) is 8.42 Å². The van der Waals surface area contributed by atoms with E-state index < -0.39 is 10.0 Å². The van der Waals surface area contributed by atoms with E-state index in [-0.39, 0.29) is 0 Å². The fraction of sp³-hybridized carbons (Fsp3) is 0.429. The van der Waals surface area contributed by atoms with Crippen molar-refractivity contribution in [2.45, 2.75) is 17.7 Å². The van der Waals surface area contributed by atoms with Crippen molar-refractivity contribution >= 4 is 10.0 Å². The van der Waals surface area contributed by atoms with Gasteiger partial charge in [0, 0.05) is 13.1 Å². The molecule has 2 rings (SSSR count). The predicted molar refractivity (Wildman–Crippen MR) is 78.1 cm³/mol. The van der Waals surface area contributed by atoms with E-state index in [0.717, 1.165) is 12.8 Å². The number of hydrogen-bond acceptors (Lipinski definition) is 4. The molecule has 0 bridgehead atoms. The van der Waals surface area contributed by atoms with Gasteiger partial charge in [-0.1, -0.05) is 12.2 Å². The van der Waals surface area contributed by atoms with Crippen molar-refractivity contribution in [3.8, 4) is 5.75 Å². The summed E-state index contributed by atoms with van der Waals surface area (Å²) >= 11 is 0. The summed E-state index contributed by atoms with van der Waals surface area (Å²) in [5, 5.41) is 0. The number of ether oxygens (including phenoxy) is 1. The fourth-order valence-electron chi connectivity index (χ4n) is 1.97. The largest absolute Gasteiger partial charge is 0.494 e. The Morgan fingerprint density at radius 3 is 2.55 bits per heavy atom. The van der Waals surface area contributed by atoms with Crippen LogP contribution < -0.4 is 10.5 Å². The SMILES string of the molecule is NCCCOc1ccc(S(=O)(=O)N2CC=CCC2)cc1. The second-order valence-electron chi connectivity index (χ2n) is 4.59. The van der Waals surface area contributed by atoms with Crippen molar-refractivity contribution in [2.75, 3.05) is 26.2 Å². The van der Waals surface area contributed by atoms with Crippen LogP contribution in [0.25, 0.3) is 0 Å². The molecule has 5 nitrogen and oxygen atoms in total. The van der Waals surface area contributed by atoms with Gasteiger partial charge in [0.1, 0.15) is 5.75 Å². The summed E-state index contributed by atoms with van der Waals surface area (Å²) in [5.74, 6) is 0.663. The molecule has 0 amide bonds. The van der Waals surface area contributed by atoms with Crippen LogP contribution in [-0.4, -0.2) is 39.0 Å². The molecule has 20 heavy (non-hydrogen) atoms. The standard InChI is InChI=1S/C14H20N2O3S/c15-9-4-12-19-13-5-7-14(8-6-13)20(17,18)16-10-2-1-3-11-16/h1-2,5-8H,3-4,9-12,15H2. The zero-order valence-electron chi connectivity index (χ0n) is 11.4. The van der Waals surface area contributed by atoms with Gasteiger partial charge in [0.15, 0.2) is 0 Å². The summed E-state index contributed by atoms with van der Waals surface area (Å²) in [7, 11) is -3.40. The summed E-state index contributed by atoms with van der Waals surface area (Å²) in [5.41, 5.74) is 5.39. The average Bonchev–Trinajstić information content (AvgIpc) is 2.49. The van der Waals surface area contributed by atoms with Crippen molar-refractivity contribution in [1.29, 1.82) is 0 Å². The van der Waals surface area contributed by atoms with Crippen molar-refractivity contribution < 1.29 is 13.2 Å². The van der Waals surface area contributed by atoms with E-state index in [1.165, 1.54) is 4.31 Å². The fourth-order valence-corrected chi connectivity index (χ4v) is 3.37. The zero-order chi connectivity index (χ0) is 14.4. The van der Waals surface area contributed by atoms with Gasteiger partial charge < -0.3 is 10.5 Å². The summed E-state index contributed by atoms with van der Waals surface area (Å²) < 4.78 is 31.7. The lowest BCUT2D eigenvalue weighted by Gasteiger charge is -2.22. The molecule has 6 heteroatoms. The van der Waals surface area contributed by atoms with Crippen LogP contribution in [0.3, 0.4) is 0 Å². The Labute approximate surface area is 120 Å². The van der Waals surface area contributed by atoms with E-state index in [1.807, 2.05) is 12.2 Å². The van der Waals surface area contributed by atoms with E-state index in [1.54, 1.807) is 24.3 Å². The molecule has 0 spiro atoms. The first-order valence-electron chi connectivity index (χ1n) is 6.72. The van der Waals surface area contributed by atoms with Crippen LogP contribution in [0.1, 0.15) is 12.8 Å². The first kappa shape index (κ1) is 15.0. The maximum atomic E-state index is 12.4. The maximum absolute atomic E-state index is 12.4. The maximum Gasteiger partial charge on any atom is 0.243 e.